The third kappa shape index (κ3) is 6.84. The predicted molar refractivity (Wildman–Crippen MR) is 107 cm³/mol. The zero-order valence-electron chi connectivity index (χ0n) is 13.9. The van der Waals surface area contributed by atoms with Crippen LogP contribution in [-0.2, 0) is 9.59 Å². The Balaban J connectivity index is 1.61. The number of rotatable bonds is 8. The second kappa shape index (κ2) is 10.2. The van der Waals surface area contributed by atoms with Gasteiger partial charge in [0, 0.05) is 34.0 Å². The van der Waals surface area contributed by atoms with Gasteiger partial charge >= 0.3 is 0 Å². The standard InChI is InChI=1S/C19H22N2O2S2/c20-14-8-4-6-10-16(14)24-18(22)12-2-1-3-13-19(23)25-17-11-7-5-9-15(17)21/h4-11H,1-3,12-13,20-21H2. The van der Waals surface area contributed by atoms with Crippen LogP contribution < -0.4 is 11.5 Å². The van der Waals surface area contributed by atoms with Crippen LogP contribution >= 0.6 is 23.5 Å². The van der Waals surface area contributed by atoms with Crippen LogP contribution in [0.4, 0.5) is 11.4 Å². The monoisotopic (exact) mass is 374 g/mol. The van der Waals surface area contributed by atoms with Gasteiger partial charge in [-0.05, 0) is 60.6 Å². The molecule has 0 aliphatic heterocycles. The van der Waals surface area contributed by atoms with E-state index in [1.807, 2.05) is 36.4 Å². The molecule has 0 aliphatic carbocycles. The summed E-state index contributed by atoms with van der Waals surface area (Å²) in [7, 11) is 0. The molecule has 0 aliphatic rings. The first kappa shape index (κ1) is 19.4. The van der Waals surface area contributed by atoms with Crippen molar-refractivity contribution < 1.29 is 9.59 Å². The van der Waals surface area contributed by atoms with Crippen molar-refractivity contribution in [3.8, 4) is 0 Å². The van der Waals surface area contributed by atoms with Crippen LogP contribution in [0.15, 0.2) is 58.3 Å². The predicted octanol–water partition coefficient (Wildman–Crippen LogP) is 4.74. The number of thioether (sulfide) groups is 2. The van der Waals surface area contributed by atoms with Gasteiger partial charge in [-0.25, -0.2) is 0 Å². The van der Waals surface area contributed by atoms with Crippen molar-refractivity contribution in [3.05, 3.63) is 48.5 Å². The zero-order chi connectivity index (χ0) is 18.1. The summed E-state index contributed by atoms with van der Waals surface area (Å²) in [6.07, 6.45) is 3.40. The fourth-order valence-corrected chi connectivity index (χ4v) is 3.86. The molecule has 2 aromatic rings. The molecule has 0 amide bonds. The number of nitrogen functional groups attached to an aromatic ring is 2. The Morgan fingerprint density at radius 2 is 1.08 bits per heavy atom. The van der Waals surface area contributed by atoms with Crippen molar-refractivity contribution in [3.63, 3.8) is 0 Å². The van der Waals surface area contributed by atoms with Crippen LogP contribution in [0.2, 0.25) is 0 Å². The van der Waals surface area contributed by atoms with Gasteiger partial charge in [0.05, 0.1) is 0 Å². The molecular weight excluding hydrogens is 352 g/mol. The van der Waals surface area contributed by atoms with E-state index >= 15 is 0 Å². The van der Waals surface area contributed by atoms with Crippen molar-refractivity contribution in [1.82, 2.24) is 0 Å². The molecule has 25 heavy (non-hydrogen) atoms. The highest BCUT2D eigenvalue weighted by atomic mass is 32.2. The van der Waals surface area contributed by atoms with Gasteiger partial charge in [0.15, 0.2) is 10.2 Å². The first-order valence-electron chi connectivity index (χ1n) is 8.16. The molecule has 2 aromatic carbocycles. The van der Waals surface area contributed by atoms with E-state index < -0.39 is 0 Å². The largest absolute Gasteiger partial charge is 0.398 e. The molecule has 0 saturated carbocycles. The van der Waals surface area contributed by atoms with Crippen molar-refractivity contribution in [2.24, 2.45) is 0 Å². The lowest BCUT2D eigenvalue weighted by molar-refractivity contribution is -0.111. The zero-order valence-corrected chi connectivity index (χ0v) is 15.6. The first-order valence-corrected chi connectivity index (χ1v) is 9.80. The summed E-state index contributed by atoms with van der Waals surface area (Å²) in [4.78, 5) is 25.5. The number of carbonyl (C=O) groups excluding carboxylic acids is 2. The highest BCUT2D eigenvalue weighted by molar-refractivity contribution is 8.14. The highest BCUT2D eigenvalue weighted by Crippen LogP contribution is 2.28. The Morgan fingerprint density at radius 3 is 1.48 bits per heavy atom. The number of unbranched alkanes of at least 4 members (excludes halogenated alkanes) is 2. The fourth-order valence-electron chi connectivity index (χ4n) is 2.21. The first-order chi connectivity index (χ1) is 12.1. The van der Waals surface area contributed by atoms with Gasteiger partial charge < -0.3 is 11.5 Å². The van der Waals surface area contributed by atoms with Crippen LogP contribution in [0, 0.1) is 0 Å². The van der Waals surface area contributed by atoms with Crippen LogP contribution in [-0.4, -0.2) is 10.2 Å². The average Bonchev–Trinajstić information content (AvgIpc) is 2.59. The lowest BCUT2D eigenvalue weighted by Gasteiger charge is -2.05. The number of para-hydroxylation sites is 2. The lowest BCUT2D eigenvalue weighted by atomic mass is 10.2. The molecule has 4 N–H and O–H groups in total. The Labute approximate surface area is 156 Å². The van der Waals surface area contributed by atoms with E-state index in [0.29, 0.717) is 24.2 Å². The molecule has 4 nitrogen and oxygen atoms in total. The molecule has 0 unspecified atom stereocenters. The fraction of sp³-hybridized carbons (Fsp3) is 0.263. The number of anilines is 2. The van der Waals surface area contributed by atoms with E-state index in [0.717, 1.165) is 29.1 Å². The number of hydrogen-bond acceptors (Lipinski definition) is 6. The van der Waals surface area contributed by atoms with E-state index in [1.165, 1.54) is 23.5 Å². The van der Waals surface area contributed by atoms with Gasteiger partial charge in [-0.2, -0.15) is 0 Å². The van der Waals surface area contributed by atoms with Crippen LogP contribution in [0.3, 0.4) is 0 Å². The SMILES string of the molecule is Nc1ccccc1SC(=O)CCCCCC(=O)Sc1ccccc1N. The summed E-state index contributed by atoms with van der Waals surface area (Å²) < 4.78 is 0. The molecule has 6 heteroatoms. The van der Waals surface area contributed by atoms with E-state index in [-0.39, 0.29) is 10.2 Å². The molecule has 0 bridgehead atoms. The maximum Gasteiger partial charge on any atom is 0.193 e. The van der Waals surface area contributed by atoms with Crippen LogP contribution in [0.1, 0.15) is 32.1 Å². The Bertz CT molecular complexity index is 673. The molecule has 0 aromatic heterocycles. The number of benzene rings is 2. The third-order valence-electron chi connectivity index (χ3n) is 3.55. The van der Waals surface area contributed by atoms with Crippen LogP contribution in [0.5, 0.6) is 0 Å². The minimum absolute atomic E-state index is 0.107. The Morgan fingerprint density at radius 1 is 0.680 bits per heavy atom. The lowest BCUT2D eigenvalue weighted by Crippen LogP contribution is -1.96. The molecule has 0 spiro atoms. The number of nitrogens with two attached hydrogens (primary N) is 2. The quantitative estimate of drug-likeness (QED) is 0.394. The maximum atomic E-state index is 12.0. The second-order valence-electron chi connectivity index (χ2n) is 5.58. The topological polar surface area (TPSA) is 86.2 Å². The summed E-state index contributed by atoms with van der Waals surface area (Å²) >= 11 is 2.38. The minimum Gasteiger partial charge on any atom is -0.398 e. The second-order valence-corrected chi connectivity index (χ2v) is 7.78. The van der Waals surface area contributed by atoms with Gasteiger partial charge in [0.25, 0.3) is 0 Å². The molecule has 132 valence electrons. The van der Waals surface area contributed by atoms with E-state index in [4.69, 9.17) is 11.5 Å². The summed E-state index contributed by atoms with van der Waals surface area (Å²) in [5, 5.41) is 0.214. The van der Waals surface area contributed by atoms with Crippen molar-refractivity contribution in [2.75, 3.05) is 11.5 Å². The summed E-state index contributed by atoms with van der Waals surface area (Å²) in [5.41, 5.74) is 12.9. The Kier molecular flexibility index (Phi) is 7.88. The van der Waals surface area contributed by atoms with Crippen molar-refractivity contribution in [2.45, 2.75) is 41.9 Å². The summed E-state index contributed by atoms with van der Waals surface area (Å²) in [6, 6.07) is 14.7. The summed E-state index contributed by atoms with van der Waals surface area (Å²) in [6.45, 7) is 0. The molecule has 0 heterocycles. The molecule has 0 radical (unpaired) electrons. The van der Waals surface area contributed by atoms with Crippen LogP contribution in [0.25, 0.3) is 0 Å². The van der Waals surface area contributed by atoms with E-state index in [2.05, 4.69) is 0 Å². The molecular formula is C19H22N2O2S2. The highest BCUT2D eigenvalue weighted by Gasteiger charge is 2.09. The number of hydrogen-bond donors (Lipinski definition) is 2. The minimum atomic E-state index is 0.107. The van der Waals surface area contributed by atoms with Gasteiger partial charge in [0.2, 0.25) is 0 Å². The van der Waals surface area contributed by atoms with Gasteiger partial charge in [-0.15, -0.1) is 0 Å². The van der Waals surface area contributed by atoms with Crippen molar-refractivity contribution in [1.29, 1.82) is 0 Å². The van der Waals surface area contributed by atoms with Crippen molar-refractivity contribution >= 4 is 45.1 Å². The Hall–Kier alpha value is -1.92. The third-order valence-corrected chi connectivity index (χ3v) is 5.59. The van der Waals surface area contributed by atoms with E-state index in [9.17, 15) is 9.59 Å². The number of carbonyl (C=O) groups is 2. The molecule has 0 saturated heterocycles. The average molecular weight is 375 g/mol. The van der Waals surface area contributed by atoms with Gasteiger partial charge in [0.1, 0.15) is 0 Å². The smallest absolute Gasteiger partial charge is 0.193 e. The van der Waals surface area contributed by atoms with E-state index in [1.54, 1.807) is 12.1 Å². The molecule has 2 rings (SSSR count). The summed E-state index contributed by atoms with van der Waals surface area (Å²) in [5.74, 6) is 0. The van der Waals surface area contributed by atoms with Gasteiger partial charge in [-0.3, -0.25) is 9.59 Å². The molecule has 0 fully saturated rings. The normalized spacial score (nSPS) is 10.6. The maximum absolute atomic E-state index is 12.0. The molecule has 0 atom stereocenters. The van der Waals surface area contributed by atoms with Gasteiger partial charge in [-0.1, -0.05) is 30.7 Å².